The fourth-order valence-electron chi connectivity index (χ4n) is 4.08. The molecule has 1 aliphatic heterocycles. The summed E-state index contributed by atoms with van der Waals surface area (Å²) >= 11 is 7.79. The third-order valence-electron chi connectivity index (χ3n) is 5.73. The molecule has 0 radical (unpaired) electrons. The van der Waals surface area contributed by atoms with Crippen LogP contribution in [-0.4, -0.2) is 57.0 Å². The first-order valence-corrected chi connectivity index (χ1v) is 10.7. The first kappa shape index (κ1) is 21.7. The van der Waals surface area contributed by atoms with Crippen molar-refractivity contribution in [2.75, 3.05) is 13.7 Å². The van der Waals surface area contributed by atoms with E-state index in [9.17, 15) is 20.4 Å². The zero-order valence-electron chi connectivity index (χ0n) is 16.2. The van der Waals surface area contributed by atoms with Gasteiger partial charge in [-0.05, 0) is 17.5 Å². The highest BCUT2D eigenvalue weighted by Gasteiger charge is 2.69. The fourth-order valence-corrected chi connectivity index (χ4v) is 5.52. The van der Waals surface area contributed by atoms with Gasteiger partial charge in [-0.25, -0.2) is 0 Å². The standard InChI is InChI=1S/C22H23ClO6S/c1-28-21(15-8-3-2-4-9-15)19(25)20(26,22(23,27)18(13-24)29-21)12-16-11-14-7-5-6-10-17(14)30-16/h2-11,18-19,24-27H,12-13H2,1H3/t18-,19-,20-,21-,22-/m1/s1. The van der Waals surface area contributed by atoms with Crippen LogP contribution in [0, 0.1) is 0 Å². The maximum atomic E-state index is 11.7. The molecule has 6 nitrogen and oxygen atoms in total. The summed E-state index contributed by atoms with van der Waals surface area (Å²) in [6.07, 6.45) is -3.37. The van der Waals surface area contributed by atoms with Gasteiger partial charge in [0.25, 0.3) is 0 Å². The Labute approximate surface area is 182 Å². The lowest BCUT2D eigenvalue weighted by Crippen LogP contribution is -2.76. The average Bonchev–Trinajstić information content (AvgIpc) is 3.16. The van der Waals surface area contributed by atoms with Crippen LogP contribution < -0.4 is 0 Å². The number of ether oxygens (including phenoxy) is 2. The quantitative estimate of drug-likeness (QED) is 0.445. The Morgan fingerprint density at radius 2 is 1.77 bits per heavy atom. The Hall–Kier alpha value is -1.55. The summed E-state index contributed by atoms with van der Waals surface area (Å²) in [6, 6.07) is 18.1. The fraction of sp³-hybridized carbons (Fsp3) is 0.364. The molecule has 0 unspecified atom stereocenters. The number of thiophene rings is 1. The lowest BCUT2D eigenvalue weighted by atomic mass is 9.75. The van der Waals surface area contributed by atoms with Gasteiger partial charge in [0.15, 0.2) is 5.06 Å². The number of alkyl halides is 1. The highest BCUT2D eigenvalue weighted by atomic mass is 35.5. The first-order chi connectivity index (χ1) is 14.3. The van der Waals surface area contributed by atoms with E-state index in [1.807, 2.05) is 30.3 Å². The minimum absolute atomic E-state index is 0.175. The van der Waals surface area contributed by atoms with Crippen molar-refractivity contribution in [1.29, 1.82) is 0 Å². The maximum absolute atomic E-state index is 11.7. The summed E-state index contributed by atoms with van der Waals surface area (Å²) in [6.45, 7) is -0.695. The summed E-state index contributed by atoms with van der Waals surface area (Å²) in [5.41, 5.74) is -1.88. The van der Waals surface area contributed by atoms with E-state index in [1.165, 1.54) is 18.4 Å². The van der Waals surface area contributed by atoms with E-state index in [1.54, 1.807) is 30.3 Å². The molecule has 1 aromatic heterocycles. The highest BCUT2D eigenvalue weighted by molar-refractivity contribution is 7.19. The van der Waals surface area contributed by atoms with E-state index in [0.717, 1.165) is 10.1 Å². The molecule has 1 saturated heterocycles. The van der Waals surface area contributed by atoms with Gasteiger partial charge in [-0.15, -0.1) is 11.3 Å². The van der Waals surface area contributed by atoms with Gasteiger partial charge in [-0.1, -0.05) is 60.1 Å². The summed E-state index contributed by atoms with van der Waals surface area (Å²) in [5.74, 6) is -1.85. The van der Waals surface area contributed by atoms with E-state index >= 15 is 0 Å². The maximum Gasteiger partial charge on any atom is 0.225 e. The summed E-state index contributed by atoms with van der Waals surface area (Å²) in [7, 11) is 1.32. The Balaban J connectivity index is 1.83. The predicted octanol–water partition coefficient (Wildman–Crippen LogP) is 2.35. The van der Waals surface area contributed by atoms with Crippen LogP contribution in [0.5, 0.6) is 0 Å². The van der Waals surface area contributed by atoms with Gasteiger partial charge in [0.05, 0.1) is 6.61 Å². The molecule has 0 spiro atoms. The molecular weight excluding hydrogens is 428 g/mol. The van der Waals surface area contributed by atoms with Crippen molar-refractivity contribution in [3.05, 3.63) is 71.1 Å². The topological polar surface area (TPSA) is 99.4 Å². The number of aliphatic hydroxyl groups is 4. The normalized spacial score (nSPS) is 34.3. The van der Waals surface area contributed by atoms with E-state index in [4.69, 9.17) is 21.1 Å². The Morgan fingerprint density at radius 3 is 2.40 bits per heavy atom. The van der Waals surface area contributed by atoms with Gasteiger partial charge in [0, 0.05) is 28.7 Å². The first-order valence-electron chi connectivity index (χ1n) is 9.47. The highest BCUT2D eigenvalue weighted by Crippen LogP contribution is 2.51. The van der Waals surface area contributed by atoms with Crippen LogP contribution in [0.2, 0.25) is 0 Å². The van der Waals surface area contributed by atoms with E-state index in [-0.39, 0.29) is 6.42 Å². The Kier molecular flexibility index (Phi) is 5.67. The molecule has 0 saturated carbocycles. The Bertz CT molecular complexity index is 992. The number of fused-ring (bicyclic) bond motifs is 1. The number of halogens is 1. The molecule has 0 aliphatic carbocycles. The van der Waals surface area contributed by atoms with Gasteiger partial charge in [-0.3, -0.25) is 0 Å². The lowest BCUT2D eigenvalue weighted by Gasteiger charge is -2.56. The number of aliphatic hydroxyl groups excluding tert-OH is 2. The minimum Gasteiger partial charge on any atom is -0.394 e. The van der Waals surface area contributed by atoms with E-state index in [2.05, 4.69) is 0 Å². The summed E-state index contributed by atoms with van der Waals surface area (Å²) < 4.78 is 12.4. The van der Waals surface area contributed by atoms with Crippen molar-refractivity contribution >= 4 is 33.0 Å². The molecule has 8 heteroatoms. The van der Waals surface area contributed by atoms with Crippen molar-refractivity contribution in [3.8, 4) is 0 Å². The third-order valence-corrected chi connectivity index (χ3v) is 7.42. The van der Waals surface area contributed by atoms with Gasteiger partial charge >= 0.3 is 0 Å². The van der Waals surface area contributed by atoms with Gasteiger partial charge in [0.1, 0.15) is 17.8 Å². The van der Waals surface area contributed by atoms with Crippen molar-refractivity contribution in [3.63, 3.8) is 0 Å². The third kappa shape index (κ3) is 3.18. The van der Waals surface area contributed by atoms with Crippen LogP contribution in [0.15, 0.2) is 60.7 Å². The van der Waals surface area contributed by atoms with Crippen LogP contribution in [0.4, 0.5) is 0 Å². The van der Waals surface area contributed by atoms with Crippen molar-refractivity contribution in [1.82, 2.24) is 0 Å². The zero-order chi connectivity index (χ0) is 21.6. The van der Waals surface area contributed by atoms with Crippen LogP contribution in [0.25, 0.3) is 10.1 Å². The number of hydrogen-bond acceptors (Lipinski definition) is 7. The molecule has 2 heterocycles. The second kappa shape index (κ2) is 7.85. The number of rotatable bonds is 5. The monoisotopic (exact) mass is 450 g/mol. The van der Waals surface area contributed by atoms with Gasteiger partial charge < -0.3 is 29.9 Å². The number of methoxy groups -OCH3 is 1. The molecule has 4 rings (SSSR count). The molecule has 160 valence electrons. The van der Waals surface area contributed by atoms with Crippen molar-refractivity contribution in [2.45, 2.75) is 35.1 Å². The molecular formula is C22H23ClO6S. The summed E-state index contributed by atoms with van der Waals surface area (Å²) in [5, 5.41) is 42.5. The molecule has 2 aromatic carbocycles. The molecule has 0 amide bonds. The van der Waals surface area contributed by atoms with Crippen molar-refractivity contribution in [2.24, 2.45) is 0 Å². The van der Waals surface area contributed by atoms with Gasteiger partial charge in [-0.2, -0.15) is 0 Å². The molecule has 0 bridgehead atoms. The summed E-state index contributed by atoms with van der Waals surface area (Å²) in [4.78, 5) is 0.702. The van der Waals surface area contributed by atoms with Gasteiger partial charge in [0.2, 0.25) is 5.79 Å². The SMILES string of the molecule is CO[C@]1(c2ccccc2)O[C@H](CO)[C@](O)(Cl)[C@@](O)(Cc2cc3ccccc3s2)[C@H]1O. The lowest BCUT2D eigenvalue weighted by molar-refractivity contribution is -0.399. The number of benzene rings is 2. The van der Waals surface area contributed by atoms with Crippen molar-refractivity contribution < 1.29 is 29.9 Å². The molecule has 1 aliphatic rings. The molecule has 4 N–H and O–H groups in total. The molecule has 3 aromatic rings. The van der Waals surface area contributed by atoms with Crippen LogP contribution in [-0.2, 0) is 21.7 Å². The number of hydrogen-bond donors (Lipinski definition) is 4. The van der Waals surface area contributed by atoms with Crippen LogP contribution in [0.1, 0.15) is 10.4 Å². The Morgan fingerprint density at radius 1 is 1.10 bits per heavy atom. The van der Waals surface area contributed by atoms with Crippen LogP contribution in [0.3, 0.4) is 0 Å². The molecule has 5 atom stereocenters. The second-order valence-electron chi connectivity index (χ2n) is 7.45. The predicted molar refractivity (Wildman–Crippen MR) is 114 cm³/mol. The van der Waals surface area contributed by atoms with E-state index < -0.39 is 35.3 Å². The smallest absolute Gasteiger partial charge is 0.225 e. The van der Waals surface area contributed by atoms with Crippen LogP contribution >= 0.6 is 22.9 Å². The zero-order valence-corrected chi connectivity index (χ0v) is 17.8. The molecule has 30 heavy (non-hydrogen) atoms. The largest absolute Gasteiger partial charge is 0.394 e. The average molecular weight is 451 g/mol. The minimum atomic E-state index is -2.48. The van der Waals surface area contributed by atoms with E-state index in [0.29, 0.717) is 10.4 Å². The second-order valence-corrected chi connectivity index (χ2v) is 9.20. The molecule has 1 fully saturated rings.